The highest BCUT2D eigenvalue weighted by molar-refractivity contribution is 5.54. The van der Waals surface area contributed by atoms with E-state index in [1.807, 2.05) is 6.07 Å². The molecule has 0 radical (unpaired) electrons. The average Bonchev–Trinajstić information content (AvgIpc) is 2.78. The fourth-order valence-electron chi connectivity index (χ4n) is 4.50. The molecule has 2 N–H and O–H groups in total. The molecule has 2 heterocycles. The molecular formula is C17H20N2O. The van der Waals surface area contributed by atoms with Gasteiger partial charge in [-0.05, 0) is 43.4 Å². The van der Waals surface area contributed by atoms with E-state index in [1.54, 1.807) is 17.2 Å². The number of aromatic amines is 1. The first kappa shape index (κ1) is 12.2. The molecule has 3 aliphatic rings. The van der Waals surface area contributed by atoms with E-state index in [2.05, 4.69) is 30.2 Å². The number of aromatic nitrogens is 1. The molecule has 2 bridgehead atoms. The van der Waals surface area contributed by atoms with Crippen LogP contribution in [-0.4, -0.2) is 11.5 Å². The highest BCUT2D eigenvalue weighted by atomic mass is 16.1. The minimum absolute atomic E-state index is 0.0140. The predicted octanol–water partition coefficient (Wildman–Crippen LogP) is 2.40. The topological polar surface area (TPSA) is 44.9 Å². The molecular weight excluding hydrogens is 248 g/mol. The fourth-order valence-corrected chi connectivity index (χ4v) is 4.50. The van der Waals surface area contributed by atoms with Crippen molar-refractivity contribution in [1.82, 2.24) is 10.3 Å². The van der Waals surface area contributed by atoms with E-state index < -0.39 is 0 Å². The number of hydrogen-bond donors (Lipinski definition) is 2. The second-order valence-electron chi connectivity index (χ2n) is 6.34. The van der Waals surface area contributed by atoms with Crippen LogP contribution in [-0.2, 0) is 12.0 Å². The molecule has 1 aliphatic heterocycles. The van der Waals surface area contributed by atoms with Crippen molar-refractivity contribution in [1.29, 1.82) is 0 Å². The number of H-pyrrole nitrogens is 1. The Morgan fingerprint density at radius 2 is 2.25 bits per heavy atom. The summed E-state index contributed by atoms with van der Waals surface area (Å²) < 4.78 is 0. The Bertz CT molecular complexity index is 710. The van der Waals surface area contributed by atoms with Crippen LogP contribution < -0.4 is 10.9 Å². The first-order valence-electron chi connectivity index (χ1n) is 7.51. The molecule has 0 unspecified atom stereocenters. The van der Waals surface area contributed by atoms with Gasteiger partial charge in [0.25, 0.3) is 0 Å². The standard InChI is InChI=1S/C17H20N2O/c1-3-11-9-18-17-8-10(2)6-12(16(11)17)7-14-13(17)4-5-15(20)19-14/h4-6,12,18H,3,7-9H2,1-2H3,(H,19,20)/t12-,17-/m0/s1. The van der Waals surface area contributed by atoms with Gasteiger partial charge in [0, 0.05) is 24.2 Å². The number of pyridine rings is 1. The molecule has 2 aliphatic carbocycles. The zero-order valence-corrected chi connectivity index (χ0v) is 12.0. The second kappa shape index (κ2) is 3.95. The summed E-state index contributed by atoms with van der Waals surface area (Å²) in [4.78, 5) is 14.7. The summed E-state index contributed by atoms with van der Waals surface area (Å²) in [6.07, 6.45) is 5.49. The van der Waals surface area contributed by atoms with E-state index in [9.17, 15) is 4.79 Å². The lowest BCUT2D eigenvalue weighted by Crippen LogP contribution is -2.48. The van der Waals surface area contributed by atoms with Crippen LogP contribution >= 0.6 is 0 Å². The summed E-state index contributed by atoms with van der Waals surface area (Å²) in [5.41, 5.74) is 6.99. The van der Waals surface area contributed by atoms with Gasteiger partial charge >= 0.3 is 0 Å². The summed E-state index contributed by atoms with van der Waals surface area (Å²) >= 11 is 0. The Balaban J connectivity index is 2.02. The molecule has 1 aromatic heterocycles. The molecule has 4 rings (SSSR count). The molecule has 0 fully saturated rings. The van der Waals surface area contributed by atoms with Crippen LogP contribution in [0.5, 0.6) is 0 Å². The molecule has 0 aromatic carbocycles. The van der Waals surface area contributed by atoms with Crippen molar-refractivity contribution in [2.75, 3.05) is 6.54 Å². The van der Waals surface area contributed by atoms with Gasteiger partial charge in [-0.25, -0.2) is 0 Å². The normalized spacial score (nSPS) is 30.9. The number of rotatable bonds is 1. The molecule has 3 nitrogen and oxygen atoms in total. The van der Waals surface area contributed by atoms with Crippen molar-refractivity contribution in [3.63, 3.8) is 0 Å². The molecule has 20 heavy (non-hydrogen) atoms. The second-order valence-corrected chi connectivity index (χ2v) is 6.34. The van der Waals surface area contributed by atoms with E-state index >= 15 is 0 Å². The number of fused-ring (bicyclic) bond motifs is 1. The highest BCUT2D eigenvalue weighted by Crippen LogP contribution is 2.53. The van der Waals surface area contributed by atoms with Gasteiger partial charge in [0.15, 0.2) is 0 Å². The third kappa shape index (κ3) is 1.41. The number of hydrogen-bond acceptors (Lipinski definition) is 2. The monoisotopic (exact) mass is 268 g/mol. The van der Waals surface area contributed by atoms with Crippen LogP contribution in [0.3, 0.4) is 0 Å². The minimum Gasteiger partial charge on any atom is -0.326 e. The maximum Gasteiger partial charge on any atom is 0.248 e. The summed E-state index contributed by atoms with van der Waals surface area (Å²) in [5.74, 6) is 0.458. The van der Waals surface area contributed by atoms with E-state index in [0.29, 0.717) is 5.92 Å². The van der Waals surface area contributed by atoms with E-state index in [0.717, 1.165) is 31.5 Å². The summed E-state index contributed by atoms with van der Waals surface area (Å²) in [7, 11) is 0. The third-order valence-electron chi connectivity index (χ3n) is 5.16. The minimum atomic E-state index is -0.0490. The van der Waals surface area contributed by atoms with Crippen LogP contribution in [0, 0.1) is 5.92 Å². The molecule has 0 saturated heterocycles. The van der Waals surface area contributed by atoms with Gasteiger partial charge in [0.1, 0.15) is 0 Å². The van der Waals surface area contributed by atoms with E-state index in [4.69, 9.17) is 0 Å². The first-order chi connectivity index (χ1) is 9.64. The van der Waals surface area contributed by atoms with Crippen LogP contribution in [0.15, 0.2) is 39.7 Å². The van der Waals surface area contributed by atoms with Gasteiger partial charge in [-0.1, -0.05) is 24.1 Å². The van der Waals surface area contributed by atoms with E-state index in [-0.39, 0.29) is 11.1 Å². The number of allylic oxidation sites excluding steroid dienone is 1. The fraction of sp³-hybridized carbons (Fsp3) is 0.471. The Morgan fingerprint density at radius 1 is 1.40 bits per heavy atom. The van der Waals surface area contributed by atoms with Gasteiger partial charge in [0.2, 0.25) is 5.56 Å². The van der Waals surface area contributed by atoms with Crippen LogP contribution in [0.1, 0.15) is 37.9 Å². The zero-order valence-electron chi connectivity index (χ0n) is 12.0. The smallest absolute Gasteiger partial charge is 0.248 e. The third-order valence-corrected chi connectivity index (χ3v) is 5.16. The molecule has 0 saturated carbocycles. The van der Waals surface area contributed by atoms with Crippen LogP contribution in [0.2, 0.25) is 0 Å². The van der Waals surface area contributed by atoms with Crippen molar-refractivity contribution < 1.29 is 0 Å². The van der Waals surface area contributed by atoms with Gasteiger partial charge in [0.05, 0.1) is 5.54 Å². The van der Waals surface area contributed by atoms with Gasteiger partial charge in [-0.15, -0.1) is 0 Å². The summed E-state index contributed by atoms with van der Waals surface area (Å²) in [5, 5.41) is 3.77. The van der Waals surface area contributed by atoms with Gasteiger partial charge < -0.3 is 4.98 Å². The molecule has 0 amide bonds. The van der Waals surface area contributed by atoms with Crippen molar-refractivity contribution in [3.8, 4) is 0 Å². The van der Waals surface area contributed by atoms with Crippen molar-refractivity contribution in [2.45, 2.75) is 38.6 Å². The predicted molar refractivity (Wildman–Crippen MR) is 79.6 cm³/mol. The first-order valence-corrected chi connectivity index (χ1v) is 7.51. The lowest BCUT2D eigenvalue weighted by Gasteiger charge is -2.45. The van der Waals surface area contributed by atoms with Crippen molar-refractivity contribution in [3.05, 3.63) is 56.5 Å². The summed E-state index contributed by atoms with van der Waals surface area (Å²) in [6, 6.07) is 3.71. The lowest BCUT2D eigenvalue weighted by molar-refractivity contribution is 0.361. The highest BCUT2D eigenvalue weighted by Gasteiger charge is 2.50. The van der Waals surface area contributed by atoms with Crippen molar-refractivity contribution >= 4 is 0 Å². The van der Waals surface area contributed by atoms with Gasteiger partial charge in [-0.2, -0.15) is 0 Å². The lowest BCUT2D eigenvalue weighted by atomic mass is 9.63. The zero-order chi connectivity index (χ0) is 13.9. The van der Waals surface area contributed by atoms with Gasteiger partial charge in [-0.3, -0.25) is 10.1 Å². The van der Waals surface area contributed by atoms with Crippen molar-refractivity contribution in [2.24, 2.45) is 5.92 Å². The van der Waals surface area contributed by atoms with Crippen LogP contribution in [0.4, 0.5) is 0 Å². The number of nitrogens with one attached hydrogen (secondary N) is 2. The SMILES string of the molecule is CCC1=C2[C@H]3C=C(C)C[C@]2(NC1)c1ccc(=O)[nH]c1C3. The largest absolute Gasteiger partial charge is 0.326 e. The molecule has 1 aromatic rings. The Morgan fingerprint density at radius 3 is 3.05 bits per heavy atom. The Labute approximate surface area is 118 Å². The van der Waals surface area contributed by atoms with E-state index in [1.165, 1.54) is 11.1 Å². The maximum atomic E-state index is 11.6. The molecule has 3 heteroatoms. The molecule has 2 atom stereocenters. The summed E-state index contributed by atoms with van der Waals surface area (Å²) in [6.45, 7) is 5.47. The van der Waals surface area contributed by atoms with Crippen LogP contribution in [0.25, 0.3) is 0 Å². The molecule has 0 spiro atoms. The quantitative estimate of drug-likeness (QED) is 0.768. The Hall–Kier alpha value is -1.61. The Kier molecular flexibility index (Phi) is 2.40. The average molecular weight is 268 g/mol. The maximum absolute atomic E-state index is 11.6. The molecule has 104 valence electrons.